The zero-order valence-corrected chi connectivity index (χ0v) is 14.3. The predicted molar refractivity (Wildman–Crippen MR) is 96.6 cm³/mol. The molecule has 0 fully saturated rings. The predicted octanol–water partition coefficient (Wildman–Crippen LogP) is 2.83. The molecule has 130 valence electrons. The number of benzene rings is 1. The maximum absolute atomic E-state index is 5.04. The maximum Gasteiger partial charge on any atom is 0.316 e. The maximum atomic E-state index is 5.04. The lowest BCUT2D eigenvalue weighted by molar-refractivity contribution is 0.380. The molecular formula is C19H18N6O. The van der Waals surface area contributed by atoms with Crippen LogP contribution in [0.3, 0.4) is 0 Å². The van der Waals surface area contributed by atoms with E-state index in [1.54, 1.807) is 31.9 Å². The van der Waals surface area contributed by atoms with E-state index in [2.05, 4.69) is 36.8 Å². The van der Waals surface area contributed by atoms with Crippen molar-refractivity contribution in [2.24, 2.45) is 0 Å². The molecule has 3 heterocycles. The van der Waals surface area contributed by atoms with Gasteiger partial charge in [0.05, 0.1) is 25.3 Å². The summed E-state index contributed by atoms with van der Waals surface area (Å²) in [4.78, 5) is 12.9. The Bertz CT molecular complexity index is 947. The van der Waals surface area contributed by atoms with Gasteiger partial charge in [0.1, 0.15) is 5.82 Å². The van der Waals surface area contributed by atoms with E-state index in [1.807, 2.05) is 41.3 Å². The second-order valence-electron chi connectivity index (χ2n) is 5.77. The monoisotopic (exact) mass is 346 g/mol. The fourth-order valence-electron chi connectivity index (χ4n) is 2.94. The minimum atomic E-state index is 0.0377. The van der Waals surface area contributed by atoms with Gasteiger partial charge < -0.3 is 9.30 Å². The van der Waals surface area contributed by atoms with Gasteiger partial charge >= 0.3 is 6.01 Å². The van der Waals surface area contributed by atoms with Crippen LogP contribution in [0.4, 0.5) is 0 Å². The number of hydrogen-bond donors (Lipinski definition) is 0. The standard InChI is InChI=1S/C19H18N6O/c1-26-19-21-12-16(13-22-19)18-20-9-11-25(18)17(14-24-10-5-8-23-24)15-6-3-2-4-7-15/h2-13,17H,14H2,1H3/t17-/m1/s1. The molecule has 4 aromatic rings. The molecule has 0 unspecified atom stereocenters. The molecule has 0 saturated heterocycles. The van der Waals surface area contributed by atoms with Crippen molar-refractivity contribution in [1.29, 1.82) is 0 Å². The topological polar surface area (TPSA) is 70.7 Å². The molecule has 0 amide bonds. The van der Waals surface area contributed by atoms with Crippen LogP contribution in [0.2, 0.25) is 0 Å². The Morgan fingerprint density at radius 1 is 0.962 bits per heavy atom. The fourth-order valence-corrected chi connectivity index (χ4v) is 2.94. The second kappa shape index (κ2) is 7.18. The summed E-state index contributed by atoms with van der Waals surface area (Å²) in [6.07, 6.45) is 11.0. The summed E-state index contributed by atoms with van der Waals surface area (Å²) >= 11 is 0. The van der Waals surface area contributed by atoms with E-state index >= 15 is 0 Å². The zero-order valence-electron chi connectivity index (χ0n) is 14.3. The van der Waals surface area contributed by atoms with Gasteiger partial charge in [-0.25, -0.2) is 15.0 Å². The Hall–Kier alpha value is -3.48. The quantitative estimate of drug-likeness (QED) is 0.537. The van der Waals surface area contributed by atoms with Crippen molar-refractivity contribution in [3.63, 3.8) is 0 Å². The minimum Gasteiger partial charge on any atom is -0.467 e. The van der Waals surface area contributed by atoms with Crippen LogP contribution < -0.4 is 4.74 Å². The van der Waals surface area contributed by atoms with E-state index in [0.717, 1.165) is 11.4 Å². The average Bonchev–Trinajstić information content (AvgIpc) is 3.39. The first-order valence-corrected chi connectivity index (χ1v) is 8.27. The number of nitrogens with zero attached hydrogens (tertiary/aromatic N) is 6. The fraction of sp³-hybridized carbons (Fsp3) is 0.158. The summed E-state index contributed by atoms with van der Waals surface area (Å²) in [5, 5.41) is 4.36. The molecule has 0 aliphatic heterocycles. The Morgan fingerprint density at radius 3 is 2.46 bits per heavy atom. The first kappa shape index (κ1) is 16.0. The molecule has 0 aliphatic rings. The normalized spacial score (nSPS) is 12.0. The van der Waals surface area contributed by atoms with Gasteiger partial charge in [-0.3, -0.25) is 4.68 Å². The van der Waals surface area contributed by atoms with Crippen molar-refractivity contribution in [3.8, 4) is 17.4 Å². The lowest BCUT2D eigenvalue weighted by atomic mass is 10.1. The molecule has 0 aliphatic carbocycles. The van der Waals surface area contributed by atoms with E-state index < -0.39 is 0 Å². The second-order valence-corrected chi connectivity index (χ2v) is 5.77. The molecular weight excluding hydrogens is 328 g/mol. The molecule has 4 rings (SSSR count). The number of rotatable bonds is 6. The SMILES string of the molecule is COc1ncc(-c2nccn2[C@H](Cn2cccn2)c2ccccc2)cn1. The Kier molecular flexibility index (Phi) is 4.42. The van der Waals surface area contributed by atoms with Gasteiger partial charge in [0.15, 0.2) is 0 Å². The van der Waals surface area contributed by atoms with Crippen molar-refractivity contribution >= 4 is 0 Å². The highest BCUT2D eigenvalue weighted by Gasteiger charge is 2.19. The number of methoxy groups -OCH3 is 1. The largest absolute Gasteiger partial charge is 0.467 e. The van der Waals surface area contributed by atoms with Crippen molar-refractivity contribution in [3.05, 3.63) is 79.1 Å². The molecule has 26 heavy (non-hydrogen) atoms. The summed E-state index contributed by atoms with van der Waals surface area (Å²) in [6.45, 7) is 0.692. The number of hydrogen-bond acceptors (Lipinski definition) is 5. The molecule has 0 N–H and O–H groups in total. The van der Waals surface area contributed by atoms with Crippen LogP contribution in [-0.4, -0.2) is 36.4 Å². The van der Waals surface area contributed by atoms with E-state index in [9.17, 15) is 0 Å². The van der Waals surface area contributed by atoms with Gasteiger partial charge in [-0.1, -0.05) is 30.3 Å². The first-order chi connectivity index (χ1) is 12.8. The third-order valence-corrected chi connectivity index (χ3v) is 4.18. The van der Waals surface area contributed by atoms with Crippen LogP contribution in [0.15, 0.2) is 73.6 Å². The lowest BCUT2D eigenvalue weighted by Crippen LogP contribution is -2.18. The van der Waals surface area contributed by atoms with Crippen molar-refractivity contribution < 1.29 is 4.74 Å². The van der Waals surface area contributed by atoms with Gasteiger partial charge in [0, 0.05) is 37.2 Å². The van der Waals surface area contributed by atoms with E-state index in [-0.39, 0.29) is 6.04 Å². The Balaban J connectivity index is 1.75. The number of aromatic nitrogens is 6. The van der Waals surface area contributed by atoms with Crippen LogP contribution in [-0.2, 0) is 6.54 Å². The number of imidazole rings is 1. The van der Waals surface area contributed by atoms with Gasteiger partial charge in [-0.15, -0.1) is 0 Å². The van der Waals surface area contributed by atoms with Gasteiger partial charge in [0.25, 0.3) is 0 Å². The molecule has 0 saturated carbocycles. The molecule has 0 bridgehead atoms. The summed E-state index contributed by atoms with van der Waals surface area (Å²) < 4.78 is 9.09. The zero-order chi connectivity index (χ0) is 17.8. The molecule has 7 nitrogen and oxygen atoms in total. The third-order valence-electron chi connectivity index (χ3n) is 4.18. The van der Waals surface area contributed by atoms with Crippen LogP contribution in [0.1, 0.15) is 11.6 Å². The van der Waals surface area contributed by atoms with E-state index in [1.165, 1.54) is 5.56 Å². The van der Waals surface area contributed by atoms with E-state index in [0.29, 0.717) is 12.6 Å². The molecule has 0 spiro atoms. The summed E-state index contributed by atoms with van der Waals surface area (Å²) in [5.41, 5.74) is 2.01. The van der Waals surface area contributed by atoms with Crippen LogP contribution >= 0.6 is 0 Å². The Labute approximate surface area is 150 Å². The molecule has 1 atom stereocenters. The van der Waals surface area contributed by atoms with Crippen LogP contribution in [0, 0.1) is 0 Å². The van der Waals surface area contributed by atoms with Gasteiger partial charge in [-0.2, -0.15) is 5.10 Å². The van der Waals surface area contributed by atoms with Crippen LogP contribution in [0.5, 0.6) is 6.01 Å². The van der Waals surface area contributed by atoms with E-state index in [4.69, 9.17) is 4.74 Å². The minimum absolute atomic E-state index is 0.0377. The Morgan fingerprint density at radius 2 is 1.77 bits per heavy atom. The lowest BCUT2D eigenvalue weighted by Gasteiger charge is -2.21. The summed E-state index contributed by atoms with van der Waals surface area (Å²) in [6, 6.07) is 12.6. The first-order valence-electron chi connectivity index (χ1n) is 8.27. The number of ether oxygens (including phenoxy) is 1. The van der Waals surface area contributed by atoms with Gasteiger partial charge in [0.2, 0.25) is 0 Å². The summed E-state index contributed by atoms with van der Waals surface area (Å²) in [7, 11) is 1.55. The van der Waals surface area contributed by atoms with Gasteiger partial charge in [-0.05, 0) is 11.6 Å². The highest BCUT2D eigenvalue weighted by atomic mass is 16.5. The molecule has 1 aromatic carbocycles. The smallest absolute Gasteiger partial charge is 0.316 e. The van der Waals surface area contributed by atoms with Crippen molar-refractivity contribution in [2.45, 2.75) is 12.6 Å². The van der Waals surface area contributed by atoms with Crippen LogP contribution in [0.25, 0.3) is 11.4 Å². The molecule has 7 heteroatoms. The highest BCUT2D eigenvalue weighted by Crippen LogP contribution is 2.26. The summed E-state index contributed by atoms with van der Waals surface area (Å²) in [5.74, 6) is 0.800. The molecule has 3 aromatic heterocycles. The molecule has 0 radical (unpaired) electrons. The average molecular weight is 346 g/mol. The third kappa shape index (κ3) is 3.19. The van der Waals surface area contributed by atoms with Crippen molar-refractivity contribution in [2.75, 3.05) is 7.11 Å². The highest BCUT2D eigenvalue weighted by molar-refractivity contribution is 5.53. The van der Waals surface area contributed by atoms with Crippen molar-refractivity contribution in [1.82, 2.24) is 29.3 Å².